The zero-order valence-electron chi connectivity index (χ0n) is 11.7. The molecule has 1 saturated heterocycles. The van der Waals surface area contributed by atoms with Crippen molar-refractivity contribution in [3.05, 3.63) is 21.0 Å². The lowest BCUT2D eigenvalue weighted by Gasteiger charge is -2.33. The number of rotatable bonds is 3. The maximum Gasteiger partial charge on any atom is 0.283 e. The van der Waals surface area contributed by atoms with Gasteiger partial charge in [-0.25, -0.2) is 4.68 Å². The Morgan fingerprint density at radius 3 is 2.89 bits per heavy atom. The number of hydrogen-bond donors (Lipinski definition) is 1. The fourth-order valence-electron chi connectivity index (χ4n) is 2.41. The summed E-state index contributed by atoms with van der Waals surface area (Å²) in [7, 11) is 2.03. The zero-order valence-corrected chi connectivity index (χ0v) is 13.3. The summed E-state index contributed by atoms with van der Waals surface area (Å²) < 4.78 is 2.10. The first-order valence-corrected chi connectivity index (χ1v) is 7.52. The van der Waals surface area contributed by atoms with Gasteiger partial charge >= 0.3 is 0 Å². The van der Waals surface area contributed by atoms with Crippen molar-refractivity contribution in [2.24, 2.45) is 0 Å². The van der Waals surface area contributed by atoms with Gasteiger partial charge in [-0.05, 0) is 49.2 Å². The van der Waals surface area contributed by atoms with Crippen molar-refractivity contribution >= 4 is 21.6 Å². The van der Waals surface area contributed by atoms with Crippen LogP contribution in [0, 0.1) is 0 Å². The zero-order chi connectivity index (χ0) is 14.0. The second-order valence-electron chi connectivity index (χ2n) is 5.30. The van der Waals surface area contributed by atoms with Crippen LogP contribution in [0.4, 0.5) is 5.69 Å². The summed E-state index contributed by atoms with van der Waals surface area (Å²) in [5, 5.41) is 7.66. The largest absolute Gasteiger partial charge is 0.368 e. The second kappa shape index (κ2) is 6.05. The van der Waals surface area contributed by atoms with E-state index >= 15 is 0 Å². The van der Waals surface area contributed by atoms with Crippen LogP contribution >= 0.6 is 15.9 Å². The van der Waals surface area contributed by atoms with Gasteiger partial charge in [0, 0.05) is 19.6 Å². The first kappa shape index (κ1) is 14.5. The average molecular weight is 329 g/mol. The molecule has 1 atom stereocenters. The van der Waals surface area contributed by atoms with Crippen LogP contribution in [0.3, 0.4) is 0 Å². The molecular formula is C13H21BrN4O. The van der Waals surface area contributed by atoms with E-state index in [2.05, 4.69) is 31.2 Å². The minimum Gasteiger partial charge on any atom is -0.368 e. The summed E-state index contributed by atoms with van der Waals surface area (Å²) in [4.78, 5) is 14.4. The molecule has 106 valence electrons. The van der Waals surface area contributed by atoms with Crippen molar-refractivity contribution in [2.45, 2.75) is 38.8 Å². The van der Waals surface area contributed by atoms with Gasteiger partial charge in [0.25, 0.3) is 5.56 Å². The van der Waals surface area contributed by atoms with Crippen molar-refractivity contribution in [2.75, 3.05) is 25.0 Å². The molecule has 1 fully saturated rings. The number of likely N-dealkylation sites (N-methyl/N-ethyl adjacent to an activating group) is 1. The summed E-state index contributed by atoms with van der Waals surface area (Å²) in [5.74, 6) is 0. The predicted molar refractivity (Wildman–Crippen MR) is 80.9 cm³/mol. The lowest BCUT2D eigenvalue weighted by atomic mass is 10.1. The SMILES string of the molecule is CC(C)n1ncc(N(C)C2CCCNC2)c(Br)c1=O. The summed E-state index contributed by atoms with van der Waals surface area (Å²) in [6.45, 7) is 5.94. The van der Waals surface area contributed by atoms with Crippen LogP contribution in [0.1, 0.15) is 32.7 Å². The van der Waals surface area contributed by atoms with Crippen molar-refractivity contribution in [1.82, 2.24) is 15.1 Å². The Balaban J connectivity index is 2.30. The van der Waals surface area contributed by atoms with E-state index in [1.807, 2.05) is 20.9 Å². The van der Waals surface area contributed by atoms with Gasteiger partial charge in [0.15, 0.2) is 0 Å². The highest BCUT2D eigenvalue weighted by molar-refractivity contribution is 9.10. The number of piperidine rings is 1. The van der Waals surface area contributed by atoms with E-state index in [0.29, 0.717) is 10.5 Å². The van der Waals surface area contributed by atoms with Gasteiger partial charge in [0.05, 0.1) is 17.9 Å². The standard InChI is InChI=1S/C13H21BrN4O/c1-9(2)18-13(19)12(14)11(8-16-18)17(3)10-5-4-6-15-7-10/h8-10,15H,4-7H2,1-3H3. The molecule has 0 saturated carbocycles. The highest BCUT2D eigenvalue weighted by atomic mass is 79.9. The third-order valence-corrected chi connectivity index (χ3v) is 4.36. The molecule has 0 radical (unpaired) electrons. The molecule has 0 amide bonds. The Bertz CT molecular complexity index is 494. The molecule has 1 aliphatic rings. The van der Waals surface area contributed by atoms with Crippen molar-refractivity contribution in [3.8, 4) is 0 Å². The molecule has 0 bridgehead atoms. The average Bonchev–Trinajstić information content (AvgIpc) is 2.41. The quantitative estimate of drug-likeness (QED) is 0.918. The van der Waals surface area contributed by atoms with Crippen LogP contribution in [0.25, 0.3) is 0 Å². The summed E-state index contributed by atoms with van der Waals surface area (Å²) in [6.07, 6.45) is 4.09. The Labute approximate surface area is 122 Å². The molecule has 1 unspecified atom stereocenters. The van der Waals surface area contributed by atoms with Crippen LogP contribution < -0.4 is 15.8 Å². The maximum atomic E-state index is 12.2. The third-order valence-electron chi connectivity index (χ3n) is 3.61. The van der Waals surface area contributed by atoms with E-state index in [4.69, 9.17) is 0 Å². The predicted octanol–water partition coefficient (Wildman–Crippen LogP) is 1.77. The van der Waals surface area contributed by atoms with E-state index in [9.17, 15) is 4.79 Å². The fraction of sp³-hybridized carbons (Fsp3) is 0.692. The molecule has 1 aliphatic heterocycles. The van der Waals surface area contributed by atoms with Crippen LogP contribution in [-0.4, -0.2) is 36.0 Å². The van der Waals surface area contributed by atoms with E-state index in [1.165, 1.54) is 11.1 Å². The van der Waals surface area contributed by atoms with Gasteiger partial charge in [-0.15, -0.1) is 0 Å². The Morgan fingerprint density at radius 1 is 1.58 bits per heavy atom. The van der Waals surface area contributed by atoms with E-state index < -0.39 is 0 Å². The van der Waals surface area contributed by atoms with Crippen molar-refractivity contribution < 1.29 is 0 Å². The molecule has 2 heterocycles. The Kier molecular flexibility index (Phi) is 4.62. The first-order valence-electron chi connectivity index (χ1n) is 6.73. The molecule has 0 spiro atoms. The number of nitrogens with zero attached hydrogens (tertiary/aromatic N) is 3. The molecule has 0 aromatic carbocycles. The number of nitrogens with one attached hydrogen (secondary N) is 1. The van der Waals surface area contributed by atoms with Crippen LogP contribution in [-0.2, 0) is 0 Å². The van der Waals surface area contributed by atoms with Crippen LogP contribution in [0.2, 0.25) is 0 Å². The number of aromatic nitrogens is 2. The molecule has 1 N–H and O–H groups in total. The minimum atomic E-state index is -0.0666. The molecular weight excluding hydrogens is 308 g/mol. The fourth-order valence-corrected chi connectivity index (χ4v) is 2.97. The highest BCUT2D eigenvalue weighted by Crippen LogP contribution is 2.24. The monoisotopic (exact) mass is 328 g/mol. The third kappa shape index (κ3) is 3.00. The maximum absolute atomic E-state index is 12.2. The summed E-state index contributed by atoms with van der Waals surface area (Å²) in [6, 6.07) is 0.487. The summed E-state index contributed by atoms with van der Waals surface area (Å²) in [5.41, 5.74) is 0.804. The normalized spacial score (nSPS) is 19.7. The number of hydrogen-bond acceptors (Lipinski definition) is 4. The van der Waals surface area contributed by atoms with Crippen LogP contribution in [0.15, 0.2) is 15.5 Å². The number of anilines is 1. The smallest absolute Gasteiger partial charge is 0.283 e. The van der Waals surface area contributed by atoms with Gasteiger partial charge in [-0.3, -0.25) is 4.79 Å². The van der Waals surface area contributed by atoms with Gasteiger partial charge in [0.1, 0.15) is 4.47 Å². The van der Waals surface area contributed by atoms with Crippen molar-refractivity contribution in [1.29, 1.82) is 0 Å². The molecule has 5 nitrogen and oxygen atoms in total. The molecule has 19 heavy (non-hydrogen) atoms. The van der Waals surface area contributed by atoms with Gasteiger partial charge in [-0.1, -0.05) is 0 Å². The molecule has 2 rings (SSSR count). The molecule has 0 aliphatic carbocycles. The van der Waals surface area contributed by atoms with Gasteiger partial charge in [0.2, 0.25) is 0 Å². The Morgan fingerprint density at radius 2 is 2.32 bits per heavy atom. The molecule has 6 heteroatoms. The van der Waals surface area contributed by atoms with E-state index in [0.717, 1.165) is 25.2 Å². The lowest BCUT2D eigenvalue weighted by molar-refractivity contribution is 0.442. The highest BCUT2D eigenvalue weighted by Gasteiger charge is 2.21. The van der Waals surface area contributed by atoms with Gasteiger partial charge in [-0.2, -0.15) is 5.10 Å². The van der Waals surface area contributed by atoms with Gasteiger partial charge < -0.3 is 10.2 Å². The topological polar surface area (TPSA) is 50.2 Å². The Hall–Kier alpha value is -0.880. The van der Waals surface area contributed by atoms with Crippen LogP contribution in [0.5, 0.6) is 0 Å². The lowest BCUT2D eigenvalue weighted by Crippen LogP contribution is -2.45. The summed E-state index contributed by atoms with van der Waals surface area (Å²) >= 11 is 3.43. The van der Waals surface area contributed by atoms with E-state index in [-0.39, 0.29) is 11.6 Å². The molecule has 1 aromatic heterocycles. The van der Waals surface area contributed by atoms with Crippen molar-refractivity contribution in [3.63, 3.8) is 0 Å². The second-order valence-corrected chi connectivity index (χ2v) is 6.09. The first-order chi connectivity index (χ1) is 9.02. The van der Waals surface area contributed by atoms with E-state index in [1.54, 1.807) is 6.20 Å². The number of halogens is 1. The molecule has 1 aromatic rings. The minimum absolute atomic E-state index is 0.0666.